The van der Waals surface area contributed by atoms with Gasteiger partial charge in [0.1, 0.15) is 17.8 Å². The normalized spacial score (nSPS) is 17.5. The molecule has 3 rings (SSSR count). The van der Waals surface area contributed by atoms with Gasteiger partial charge in [-0.2, -0.15) is 0 Å². The van der Waals surface area contributed by atoms with E-state index in [1.165, 1.54) is 0 Å². The Morgan fingerprint density at radius 1 is 1.40 bits per heavy atom. The molecule has 2 heterocycles. The highest BCUT2D eigenvalue weighted by atomic mass is 16.6. The van der Waals surface area contributed by atoms with Gasteiger partial charge in [0.25, 0.3) is 0 Å². The molecule has 1 aromatic heterocycles. The van der Waals surface area contributed by atoms with Gasteiger partial charge in [-0.15, -0.1) is 10.2 Å². The van der Waals surface area contributed by atoms with Crippen LogP contribution in [0.15, 0.2) is 24.5 Å². The number of nitro benzene ring substituents is 1. The SMILES string of the molecule is CCOc1cccc(N2CCC[C@@H](c3nncn3CC)C2)c1[N+](=O)[O-]. The Morgan fingerprint density at radius 3 is 2.96 bits per heavy atom. The highest BCUT2D eigenvalue weighted by Gasteiger charge is 2.30. The maximum atomic E-state index is 11.6. The van der Waals surface area contributed by atoms with Gasteiger partial charge in [0.05, 0.1) is 11.5 Å². The summed E-state index contributed by atoms with van der Waals surface area (Å²) in [7, 11) is 0. The number of anilines is 1. The molecule has 1 atom stereocenters. The fourth-order valence-corrected chi connectivity index (χ4v) is 3.45. The number of rotatable bonds is 6. The first kappa shape index (κ1) is 17.2. The molecule has 2 aromatic rings. The van der Waals surface area contributed by atoms with Crippen molar-refractivity contribution >= 4 is 11.4 Å². The third-order valence-corrected chi connectivity index (χ3v) is 4.57. The zero-order valence-electron chi connectivity index (χ0n) is 14.6. The van der Waals surface area contributed by atoms with E-state index in [1.807, 2.05) is 17.6 Å². The first-order chi connectivity index (χ1) is 12.2. The smallest absolute Gasteiger partial charge is 0.333 e. The van der Waals surface area contributed by atoms with Crippen LogP contribution in [0.4, 0.5) is 11.4 Å². The molecule has 8 heteroatoms. The van der Waals surface area contributed by atoms with E-state index in [2.05, 4.69) is 22.0 Å². The van der Waals surface area contributed by atoms with Gasteiger partial charge >= 0.3 is 5.69 Å². The number of benzene rings is 1. The third-order valence-electron chi connectivity index (χ3n) is 4.57. The van der Waals surface area contributed by atoms with Gasteiger partial charge in [-0.05, 0) is 38.8 Å². The van der Waals surface area contributed by atoms with Crippen molar-refractivity contribution in [3.05, 3.63) is 40.5 Å². The lowest BCUT2D eigenvalue weighted by atomic mass is 9.96. The van der Waals surface area contributed by atoms with Crippen molar-refractivity contribution in [2.75, 3.05) is 24.6 Å². The molecule has 1 fully saturated rings. The van der Waals surface area contributed by atoms with E-state index in [1.54, 1.807) is 18.5 Å². The Labute approximate surface area is 146 Å². The van der Waals surface area contributed by atoms with Gasteiger partial charge in [0.2, 0.25) is 0 Å². The van der Waals surface area contributed by atoms with E-state index in [4.69, 9.17) is 4.74 Å². The third kappa shape index (κ3) is 3.42. The average Bonchev–Trinajstić information content (AvgIpc) is 3.10. The summed E-state index contributed by atoms with van der Waals surface area (Å²) in [5.74, 6) is 1.49. The zero-order valence-corrected chi connectivity index (χ0v) is 14.6. The fraction of sp³-hybridized carbons (Fsp3) is 0.529. The minimum Gasteiger partial charge on any atom is -0.487 e. The number of piperidine rings is 1. The lowest BCUT2D eigenvalue weighted by Gasteiger charge is -2.33. The maximum absolute atomic E-state index is 11.6. The van der Waals surface area contributed by atoms with Gasteiger partial charge in [0, 0.05) is 25.6 Å². The monoisotopic (exact) mass is 345 g/mol. The number of ether oxygens (including phenoxy) is 1. The summed E-state index contributed by atoms with van der Waals surface area (Å²) < 4.78 is 7.51. The van der Waals surface area contributed by atoms with E-state index in [0.29, 0.717) is 24.6 Å². The molecule has 0 unspecified atom stereocenters. The van der Waals surface area contributed by atoms with Crippen molar-refractivity contribution in [2.24, 2.45) is 0 Å². The number of aryl methyl sites for hydroxylation is 1. The largest absolute Gasteiger partial charge is 0.487 e. The number of hydrogen-bond acceptors (Lipinski definition) is 6. The van der Waals surface area contributed by atoms with Crippen molar-refractivity contribution in [3.8, 4) is 5.75 Å². The summed E-state index contributed by atoms with van der Waals surface area (Å²) in [4.78, 5) is 13.4. The van der Waals surface area contributed by atoms with E-state index in [-0.39, 0.29) is 16.5 Å². The molecule has 0 amide bonds. The standard InChI is InChI=1S/C17H23N5O3/c1-3-20-12-18-19-17(20)13-7-6-10-21(11-13)14-8-5-9-15(25-4-2)16(14)22(23)24/h5,8-9,12-13H,3-4,6-7,10-11H2,1-2H3/t13-/m1/s1. The van der Waals surface area contributed by atoms with Crippen molar-refractivity contribution in [1.82, 2.24) is 14.8 Å². The summed E-state index contributed by atoms with van der Waals surface area (Å²) in [5.41, 5.74) is 0.658. The molecule has 0 spiro atoms. The Hall–Kier alpha value is -2.64. The van der Waals surface area contributed by atoms with Crippen molar-refractivity contribution in [3.63, 3.8) is 0 Å². The van der Waals surface area contributed by atoms with Crippen LogP contribution in [0.5, 0.6) is 5.75 Å². The number of para-hydroxylation sites is 1. The molecule has 25 heavy (non-hydrogen) atoms. The second-order valence-electron chi connectivity index (χ2n) is 6.07. The van der Waals surface area contributed by atoms with E-state index in [0.717, 1.165) is 31.8 Å². The first-order valence-corrected chi connectivity index (χ1v) is 8.68. The lowest BCUT2D eigenvalue weighted by molar-refractivity contribution is -0.385. The molecular weight excluding hydrogens is 322 g/mol. The summed E-state index contributed by atoms with van der Waals surface area (Å²) in [5, 5.41) is 19.9. The van der Waals surface area contributed by atoms with Crippen molar-refractivity contribution in [1.29, 1.82) is 0 Å². The minimum absolute atomic E-state index is 0.0435. The van der Waals surface area contributed by atoms with Crippen LogP contribution < -0.4 is 9.64 Å². The molecule has 0 N–H and O–H groups in total. The minimum atomic E-state index is -0.349. The molecule has 1 aromatic carbocycles. The molecule has 1 saturated heterocycles. The summed E-state index contributed by atoms with van der Waals surface area (Å²) in [6.45, 7) is 6.57. The number of aromatic nitrogens is 3. The predicted octanol–water partition coefficient (Wildman–Crippen LogP) is 2.99. The quantitative estimate of drug-likeness (QED) is 0.591. The molecule has 1 aliphatic rings. The van der Waals surface area contributed by atoms with E-state index >= 15 is 0 Å². The number of nitro groups is 1. The highest BCUT2D eigenvalue weighted by molar-refractivity contribution is 5.70. The average molecular weight is 345 g/mol. The molecule has 134 valence electrons. The molecule has 0 aliphatic carbocycles. The Kier molecular flexibility index (Phi) is 5.16. The zero-order chi connectivity index (χ0) is 17.8. The lowest BCUT2D eigenvalue weighted by Crippen LogP contribution is -2.35. The maximum Gasteiger partial charge on any atom is 0.333 e. The number of hydrogen-bond donors (Lipinski definition) is 0. The second-order valence-corrected chi connectivity index (χ2v) is 6.07. The second kappa shape index (κ2) is 7.50. The molecule has 0 radical (unpaired) electrons. The van der Waals surface area contributed by atoms with Gasteiger partial charge < -0.3 is 14.2 Å². The number of nitrogens with zero attached hydrogens (tertiary/aromatic N) is 5. The van der Waals surface area contributed by atoms with Gasteiger partial charge in [-0.25, -0.2) is 0 Å². The van der Waals surface area contributed by atoms with Crippen LogP contribution in [-0.4, -0.2) is 39.4 Å². The molecule has 0 bridgehead atoms. The van der Waals surface area contributed by atoms with Crippen LogP contribution in [0.1, 0.15) is 38.4 Å². The van der Waals surface area contributed by atoms with Crippen LogP contribution in [-0.2, 0) is 6.54 Å². The topological polar surface area (TPSA) is 86.3 Å². The predicted molar refractivity (Wildman–Crippen MR) is 94.1 cm³/mol. The van der Waals surface area contributed by atoms with Gasteiger partial charge in [-0.1, -0.05) is 6.07 Å². The summed E-state index contributed by atoms with van der Waals surface area (Å²) >= 11 is 0. The van der Waals surface area contributed by atoms with Crippen LogP contribution >= 0.6 is 0 Å². The highest BCUT2D eigenvalue weighted by Crippen LogP contribution is 2.39. The van der Waals surface area contributed by atoms with Crippen LogP contribution in [0.2, 0.25) is 0 Å². The Morgan fingerprint density at radius 2 is 2.24 bits per heavy atom. The van der Waals surface area contributed by atoms with Gasteiger partial charge in [0.15, 0.2) is 5.75 Å². The molecule has 0 saturated carbocycles. The van der Waals surface area contributed by atoms with Crippen LogP contribution in [0.25, 0.3) is 0 Å². The Bertz CT molecular complexity index is 746. The van der Waals surface area contributed by atoms with E-state index in [9.17, 15) is 10.1 Å². The van der Waals surface area contributed by atoms with Crippen LogP contribution in [0.3, 0.4) is 0 Å². The Balaban J connectivity index is 1.91. The summed E-state index contributed by atoms with van der Waals surface area (Å²) in [6, 6.07) is 5.26. The molecule has 8 nitrogen and oxygen atoms in total. The van der Waals surface area contributed by atoms with E-state index < -0.39 is 0 Å². The molecule has 1 aliphatic heterocycles. The summed E-state index contributed by atoms with van der Waals surface area (Å²) in [6.07, 6.45) is 3.71. The molecular formula is C17H23N5O3. The van der Waals surface area contributed by atoms with Crippen LogP contribution in [0, 0.1) is 10.1 Å². The van der Waals surface area contributed by atoms with Crippen molar-refractivity contribution in [2.45, 2.75) is 39.2 Å². The fourth-order valence-electron chi connectivity index (χ4n) is 3.45. The first-order valence-electron chi connectivity index (χ1n) is 8.68. The van der Waals surface area contributed by atoms with Crippen molar-refractivity contribution < 1.29 is 9.66 Å². The van der Waals surface area contributed by atoms with Gasteiger partial charge in [-0.3, -0.25) is 10.1 Å².